The number of hydrogen-bond donors (Lipinski definition) is 1. The van der Waals surface area contributed by atoms with E-state index in [1.807, 2.05) is 17.9 Å². The summed E-state index contributed by atoms with van der Waals surface area (Å²) in [4.78, 5) is 18.4. The van der Waals surface area contributed by atoms with E-state index in [0.29, 0.717) is 16.9 Å². The second kappa shape index (κ2) is 6.87. The van der Waals surface area contributed by atoms with Crippen LogP contribution in [0.25, 0.3) is 0 Å². The summed E-state index contributed by atoms with van der Waals surface area (Å²) in [5.74, 6) is 1.24. The summed E-state index contributed by atoms with van der Waals surface area (Å²) in [5, 5.41) is 3.42. The number of nitrogens with one attached hydrogen (secondary N) is 1. The molecule has 2 amide bonds. The zero-order valence-electron chi connectivity index (χ0n) is 12.7. The zero-order chi connectivity index (χ0) is 15.4. The average Bonchev–Trinajstić information content (AvgIpc) is 2.80. The van der Waals surface area contributed by atoms with Crippen LogP contribution in [0.3, 0.4) is 0 Å². The average molecular weight is 316 g/mol. The molecule has 1 fully saturated rings. The van der Waals surface area contributed by atoms with Crippen molar-refractivity contribution in [3.05, 3.63) is 41.7 Å². The number of aromatic nitrogens is 2. The molecular formula is C16H20N4OS. The van der Waals surface area contributed by atoms with E-state index in [-0.39, 0.29) is 6.03 Å². The Morgan fingerprint density at radius 2 is 2.09 bits per heavy atom. The van der Waals surface area contributed by atoms with E-state index in [0.717, 1.165) is 32.4 Å². The van der Waals surface area contributed by atoms with E-state index < -0.39 is 0 Å². The molecule has 1 atom stereocenters. The van der Waals surface area contributed by atoms with Crippen molar-refractivity contribution < 1.29 is 4.79 Å². The molecule has 22 heavy (non-hydrogen) atoms. The van der Waals surface area contributed by atoms with Crippen LogP contribution in [0.4, 0.5) is 9.93 Å². The largest absolute Gasteiger partial charge is 0.324 e. The van der Waals surface area contributed by atoms with Crippen LogP contribution in [-0.2, 0) is 0 Å². The van der Waals surface area contributed by atoms with Crippen LogP contribution < -0.4 is 5.32 Å². The van der Waals surface area contributed by atoms with Gasteiger partial charge in [0, 0.05) is 24.6 Å². The topological polar surface area (TPSA) is 58.1 Å². The number of urea groups is 1. The highest BCUT2D eigenvalue weighted by atomic mass is 32.1. The van der Waals surface area contributed by atoms with E-state index in [1.165, 1.54) is 17.1 Å². The van der Waals surface area contributed by atoms with E-state index in [4.69, 9.17) is 0 Å². The molecule has 1 aliphatic rings. The van der Waals surface area contributed by atoms with Crippen LogP contribution in [0.15, 0.2) is 30.3 Å². The Balaban J connectivity index is 1.59. The molecule has 1 aliphatic heterocycles. The number of amides is 2. The lowest BCUT2D eigenvalue weighted by Crippen LogP contribution is -2.35. The Morgan fingerprint density at radius 3 is 2.82 bits per heavy atom. The van der Waals surface area contributed by atoms with Crippen molar-refractivity contribution >= 4 is 22.7 Å². The third kappa shape index (κ3) is 3.62. The van der Waals surface area contributed by atoms with Crippen molar-refractivity contribution in [3.63, 3.8) is 0 Å². The predicted octanol–water partition coefficient (Wildman–Crippen LogP) is 3.65. The van der Waals surface area contributed by atoms with Crippen LogP contribution >= 0.6 is 11.5 Å². The molecular weight excluding hydrogens is 296 g/mol. The molecule has 1 aromatic heterocycles. The number of carbonyl (C=O) groups excluding carboxylic acids is 1. The Bertz CT molecular complexity index is 628. The molecule has 0 radical (unpaired) electrons. The number of benzene rings is 1. The maximum Gasteiger partial charge on any atom is 0.323 e. The summed E-state index contributed by atoms with van der Waals surface area (Å²) in [5.41, 5.74) is 1.38. The Kier molecular flexibility index (Phi) is 4.68. The fourth-order valence-electron chi connectivity index (χ4n) is 2.88. The predicted molar refractivity (Wildman–Crippen MR) is 88.3 cm³/mol. The third-order valence-corrected chi connectivity index (χ3v) is 4.75. The highest BCUT2D eigenvalue weighted by Crippen LogP contribution is 2.28. The molecule has 2 aromatic rings. The highest BCUT2D eigenvalue weighted by Gasteiger charge is 2.22. The normalized spacial score (nSPS) is 18.8. The lowest BCUT2D eigenvalue weighted by atomic mass is 9.92. The molecule has 116 valence electrons. The molecule has 2 heterocycles. The van der Waals surface area contributed by atoms with Gasteiger partial charge >= 0.3 is 6.03 Å². The summed E-state index contributed by atoms with van der Waals surface area (Å²) in [6.45, 7) is 3.40. The summed E-state index contributed by atoms with van der Waals surface area (Å²) in [6.07, 6.45) is 3.17. The number of nitrogens with zero attached hydrogens (tertiary/aromatic N) is 3. The maximum absolute atomic E-state index is 12.3. The first-order valence-corrected chi connectivity index (χ1v) is 8.41. The van der Waals surface area contributed by atoms with E-state index in [2.05, 4.69) is 38.9 Å². The van der Waals surface area contributed by atoms with Gasteiger partial charge < -0.3 is 4.90 Å². The standard InChI is InChI=1S/C16H20N4OS/c1-12-17-15(22-19-12)18-16(21)20-10-5-8-14(9-11-20)13-6-3-2-4-7-13/h2-4,6-7,14H,5,8-11H2,1H3,(H,17,18,19,21). The van der Waals surface area contributed by atoms with Gasteiger partial charge in [0.25, 0.3) is 0 Å². The van der Waals surface area contributed by atoms with Gasteiger partial charge in [0.05, 0.1) is 0 Å². The molecule has 0 saturated carbocycles. The van der Waals surface area contributed by atoms with Gasteiger partial charge in [-0.1, -0.05) is 30.3 Å². The van der Waals surface area contributed by atoms with Gasteiger partial charge in [-0.25, -0.2) is 9.78 Å². The molecule has 1 unspecified atom stereocenters. The number of anilines is 1. The first-order valence-electron chi connectivity index (χ1n) is 7.63. The zero-order valence-corrected chi connectivity index (χ0v) is 13.5. The molecule has 0 spiro atoms. The van der Waals surface area contributed by atoms with Gasteiger partial charge in [-0.05, 0) is 37.7 Å². The molecule has 1 saturated heterocycles. The van der Waals surface area contributed by atoms with Crippen LogP contribution in [0, 0.1) is 6.92 Å². The SMILES string of the molecule is Cc1nsc(NC(=O)N2CCCC(c3ccccc3)CC2)n1. The first kappa shape index (κ1) is 15.0. The molecule has 6 heteroatoms. The number of rotatable bonds is 2. The summed E-state index contributed by atoms with van der Waals surface area (Å²) < 4.78 is 4.08. The van der Waals surface area contributed by atoms with Crippen LogP contribution in [0.2, 0.25) is 0 Å². The van der Waals surface area contributed by atoms with Crippen molar-refractivity contribution in [1.82, 2.24) is 14.3 Å². The van der Waals surface area contributed by atoms with Gasteiger partial charge in [-0.3, -0.25) is 5.32 Å². The minimum absolute atomic E-state index is 0.0649. The Hall–Kier alpha value is -1.95. The van der Waals surface area contributed by atoms with E-state index in [9.17, 15) is 4.79 Å². The fourth-order valence-corrected chi connectivity index (χ4v) is 3.44. The number of likely N-dealkylation sites (tertiary alicyclic amines) is 1. The van der Waals surface area contributed by atoms with Crippen LogP contribution in [-0.4, -0.2) is 33.4 Å². The van der Waals surface area contributed by atoms with Crippen LogP contribution in [0.1, 0.15) is 36.6 Å². The van der Waals surface area contributed by atoms with E-state index >= 15 is 0 Å². The highest BCUT2D eigenvalue weighted by molar-refractivity contribution is 7.09. The van der Waals surface area contributed by atoms with Gasteiger partial charge in [0.15, 0.2) is 0 Å². The Labute approximate surface area is 134 Å². The molecule has 5 nitrogen and oxygen atoms in total. The van der Waals surface area contributed by atoms with Gasteiger partial charge in [-0.15, -0.1) is 0 Å². The summed E-state index contributed by atoms with van der Waals surface area (Å²) in [6, 6.07) is 10.5. The van der Waals surface area contributed by atoms with Gasteiger partial charge in [-0.2, -0.15) is 4.37 Å². The molecule has 1 aromatic carbocycles. The van der Waals surface area contributed by atoms with Crippen molar-refractivity contribution in [1.29, 1.82) is 0 Å². The fraction of sp³-hybridized carbons (Fsp3) is 0.438. The summed E-state index contributed by atoms with van der Waals surface area (Å²) >= 11 is 1.22. The lowest BCUT2D eigenvalue weighted by molar-refractivity contribution is 0.213. The number of aryl methyl sites for hydroxylation is 1. The number of hydrogen-bond acceptors (Lipinski definition) is 4. The molecule has 0 aliphatic carbocycles. The molecule has 0 bridgehead atoms. The van der Waals surface area contributed by atoms with Crippen molar-refractivity contribution in [2.75, 3.05) is 18.4 Å². The minimum Gasteiger partial charge on any atom is -0.324 e. The van der Waals surface area contributed by atoms with Crippen molar-refractivity contribution in [2.45, 2.75) is 32.1 Å². The molecule has 3 rings (SSSR count). The first-order chi connectivity index (χ1) is 10.7. The lowest BCUT2D eigenvalue weighted by Gasteiger charge is -2.20. The Morgan fingerprint density at radius 1 is 1.27 bits per heavy atom. The minimum atomic E-state index is -0.0649. The quantitative estimate of drug-likeness (QED) is 0.920. The van der Waals surface area contributed by atoms with Crippen LogP contribution in [0.5, 0.6) is 0 Å². The van der Waals surface area contributed by atoms with Crippen molar-refractivity contribution in [3.8, 4) is 0 Å². The smallest absolute Gasteiger partial charge is 0.323 e. The third-order valence-electron chi connectivity index (χ3n) is 4.03. The number of carbonyl (C=O) groups is 1. The second-order valence-corrected chi connectivity index (χ2v) is 6.35. The summed E-state index contributed by atoms with van der Waals surface area (Å²) in [7, 11) is 0. The van der Waals surface area contributed by atoms with Gasteiger partial charge in [0.1, 0.15) is 5.82 Å². The van der Waals surface area contributed by atoms with E-state index in [1.54, 1.807) is 0 Å². The second-order valence-electron chi connectivity index (χ2n) is 5.60. The van der Waals surface area contributed by atoms with Gasteiger partial charge in [0.2, 0.25) is 5.13 Å². The monoisotopic (exact) mass is 316 g/mol. The van der Waals surface area contributed by atoms with Crippen molar-refractivity contribution in [2.24, 2.45) is 0 Å². The maximum atomic E-state index is 12.3. The molecule has 1 N–H and O–H groups in total.